The molecule has 0 saturated carbocycles. The summed E-state index contributed by atoms with van der Waals surface area (Å²) >= 11 is 1.76. The maximum absolute atomic E-state index is 6.43. The van der Waals surface area contributed by atoms with Gasteiger partial charge in [-0.15, -0.1) is 11.3 Å². The summed E-state index contributed by atoms with van der Waals surface area (Å²) in [6.07, 6.45) is 3.58. The molecular weight excluding hydrogens is 242 g/mol. The molecule has 2 rings (SSSR count). The van der Waals surface area contributed by atoms with Gasteiger partial charge < -0.3 is 5.73 Å². The Morgan fingerprint density at radius 1 is 1.39 bits per heavy atom. The van der Waals surface area contributed by atoms with Gasteiger partial charge in [0.25, 0.3) is 0 Å². The van der Waals surface area contributed by atoms with Crippen LogP contribution in [0.2, 0.25) is 0 Å². The average molecular weight is 267 g/mol. The van der Waals surface area contributed by atoms with Crippen LogP contribution in [-0.4, -0.2) is 28.0 Å². The van der Waals surface area contributed by atoms with Crippen LogP contribution in [0.15, 0.2) is 5.38 Å². The van der Waals surface area contributed by atoms with Crippen molar-refractivity contribution in [2.75, 3.05) is 6.54 Å². The monoisotopic (exact) mass is 267 g/mol. The van der Waals surface area contributed by atoms with E-state index in [1.165, 1.54) is 17.8 Å². The van der Waals surface area contributed by atoms with Crippen LogP contribution in [0.3, 0.4) is 0 Å². The molecule has 1 fully saturated rings. The van der Waals surface area contributed by atoms with Crippen LogP contribution in [0.4, 0.5) is 0 Å². The van der Waals surface area contributed by atoms with Gasteiger partial charge in [-0.2, -0.15) is 0 Å². The molecule has 18 heavy (non-hydrogen) atoms. The Labute approximate surface area is 114 Å². The van der Waals surface area contributed by atoms with Crippen LogP contribution in [0.1, 0.15) is 56.8 Å². The molecule has 1 aromatic heterocycles. The topological polar surface area (TPSA) is 42.1 Å². The molecule has 2 heterocycles. The lowest BCUT2D eigenvalue weighted by atomic mass is 9.98. The van der Waals surface area contributed by atoms with Crippen LogP contribution < -0.4 is 5.73 Å². The van der Waals surface area contributed by atoms with E-state index in [1.54, 1.807) is 11.3 Å². The summed E-state index contributed by atoms with van der Waals surface area (Å²) in [4.78, 5) is 7.23. The molecule has 0 bridgehead atoms. The van der Waals surface area contributed by atoms with Gasteiger partial charge in [0, 0.05) is 22.7 Å². The highest BCUT2D eigenvalue weighted by atomic mass is 32.1. The molecule has 1 saturated heterocycles. The minimum Gasteiger partial charge on any atom is -0.326 e. The van der Waals surface area contributed by atoms with E-state index in [0.717, 1.165) is 18.7 Å². The molecular formula is C14H25N3S. The summed E-state index contributed by atoms with van der Waals surface area (Å²) in [5.41, 5.74) is 7.69. The van der Waals surface area contributed by atoms with Crippen LogP contribution in [0, 0.1) is 6.92 Å². The molecule has 1 aliphatic rings. The zero-order valence-electron chi connectivity index (χ0n) is 11.9. The molecule has 0 aromatic carbocycles. The van der Waals surface area contributed by atoms with E-state index < -0.39 is 0 Å². The van der Waals surface area contributed by atoms with E-state index in [-0.39, 0.29) is 17.6 Å². The van der Waals surface area contributed by atoms with E-state index in [9.17, 15) is 0 Å². The summed E-state index contributed by atoms with van der Waals surface area (Å²) in [6.45, 7) is 10.0. The molecule has 1 aromatic rings. The number of hydrogen-bond donors (Lipinski definition) is 1. The third-order valence-corrected chi connectivity index (χ3v) is 4.71. The molecule has 2 unspecified atom stereocenters. The number of thiazole rings is 1. The Morgan fingerprint density at radius 2 is 2.11 bits per heavy atom. The van der Waals surface area contributed by atoms with E-state index in [2.05, 4.69) is 43.0 Å². The van der Waals surface area contributed by atoms with Crippen molar-refractivity contribution in [2.24, 2.45) is 5.73 Å². The van der Waals surface area contributed by atoms with Crippen molar-refractivity contribution in [2.45, 2.75) is 64.6 Å². The smallest absolute Gasteiger partial charge is 0.112 e. The van der Waals surface area contributed by atoms with Crippen LogP contribution >= 0.6 is 11.3 Å². The molecule has 2 atom stereocenters. The van der Waals surface area contributed by atoms with Gasteiger partial charge in [-0.1, -0.05) is 6.42 Å². The lowest BCUT2D eigenvalue weighted by molar-refractivity contribution is 0.0753. The van der Waals surface area contributed by atoms with Gasteiger partial charge in [0.1, 0.15) is 5.01 Å². The van der Waals surface area contributed by atoms with Gasteiger partial charge in [-0.25, -0.2) is 4.98 Å². The Morgan fingerprint density at radius 3 is 2.67 bits per heavy atom. The third kappa shape index (κ3) is 2.92. The van der Waals surface area contributed by atoms with Crippen molar-refractivity contribution in [1.82, 2.24) is 9.88 Å². The number of likely N-dealkylation sites (tertiary alicyclic amines) is 1. The van der Waals surface area contributed by atoms with Gasteiger partial charge in [0.15, 0.2) is 0 Å². The van der Waals surface area contributed by atoms with Gasteiger partial charge >= 0.3 is 0 Å². The van der Waals surface area contributed by atoms with E-state index in [0.29, 0.717) is 0 Å². The SMILES string of the molecule is Cc1csc(C2C(N)CCCCN2C(C)(C)C)n1. The minimum absolute atomic E-state index is 0.145. The first kappa shape index (κ1) is 14.0. The number of aryl methyl sites for hydroxylation is 1. The lowest BCUT2D eigenvalue weighted by Crippen LogP contribution is -2.49. The van der Waals surface area contributed by atoms with Crippen LogP contribution in [0.5, 0.6) is 0 Å². The van der Waals surface area contributed by atoms with Gasteiger partial charge in [-0.3, -0.25) is 4.90 Å². The Bertz CT molecular complexity index is 394. The minimum atomic E-state index is 0.145. The van der Waals surface area contributed by atoms with Crippen molar-refractivity contribution >= 4 is 11.3 Å². The summed E-state index contributed by atoms with van der Waals surface area (Å²) in [6, 6.07) is 0.489. The zero-order chi connectivity index (χ0) is 13.3. The second kappa shape index (κ2) is 5.27. The largest absolute Gasteiger partial charge is 0.326 e. The summed E-state index contributed by atoms with van der Waals surface area (Å²) in [7, 11) is 0. The maximum atomic E-state index is 6.43. The lowest BCUT2D eigenvalue weighted by Gasteiger charge is -2.41. The normalized spacial score (nSPS) is 27.2. The summed E-state index contributed by atoms with van der Waals surface area (Å²) < 4.78 is 0. The fourth-order valence-corrected chi connectivity index (χ4v) is 3.75. The standard InChI is InChI=1S/C14H25N3S/c1-10-9-18-13(16-10)12-11(15)7-5-6-8-17(12)14(2,3)4/h9,11-12H,5-8,15H2,1-4H3. The molecule has 4 heteroatoms. The molecule has 0 aliphatic carbocycles. The summed E-state index contributed by atoms with van der Waals surface area (Å²) in [5.74, 6) is 0. The number of aromatic nitrogens is 1. The van der Waals surface area contributed by atoms with Gasteiger partial charge in [0.2, 0.25) is 0 Å². The first-order valence-corrected chi connectivity index (χ1v) is 7.72. The Kier molecular flexibility index (Phi) is 4.09. The highest BCUT2D eigenvalue weighted by Gasteiger charge is 2.36. The van der Waals surface area contributed by atoms with Crippen molar-refractivity contribution in [3.05, 3.63) is 16.1 Å². The van der Waals surface area contributed by atoms with Crippen LogP contribution in [-0.2, 0) is 0 Å². The predicted octanol–water partition coefficient (Wildman–Crippen LogP) is 3.10. The fraction of sp³-hybridized carbons (Fsp3) is 0.786. The predicted molar refractivity (Wildman–Crippen MR) is 77.9 cm³/mol. The van der Waals surface area contributed by atoms with E-state index in [1.807, 2.05) is 0 Å². The highest BCUT2D eigenvalue weighted by molar-refractivity contribution is 7.09. The highest BCUT2D eigenvalue weighted by Crippen LogP contribution is 2.35. The maximum Gasteiger partial charge on any atom is 0.112 e. The van der Waals surface area contributed by atoms with Crippen molar-refractivity contribution < 1.29 is 0 Å². The number of hydrogen-bond acceptors (Lipinski definition) is 4. The Balaban J connectivity index is 2.35. The molecule has 3 nitrogen and oxygen atoms in total. The molecule has 2 N–H and O–H groups in total. The van der Waals surface area contributed by atoms with Gasteiger partial charge in [-0.05, 0) is 47.1 Å². The molecule has 102 valence electrons. The number of rotatable bonds is 1. The quantitative estimate of drug-likeness (QED) is 0.850. The van der Waals surface area contributed by atoms with E-state index in [4.69, 9.17) is 5.73 Å². The second-order valence-electron chi connectivity index (χ2n) is 6.30. The molecule has 0 radical (unpaired) electrons. The zero-order valence-corrected chi connectivity index (χ0v) is 12.8. The Hall–Kier alpha value is -0.450. The van der Waals surface area contributed by atoms with Crippen molar-refractivity contribution in [3.63, 3.8) is 0 Å². The van der Waals surface area contributed by atoms with Crippen molar-refractivity contribution in [3.8, 4) is 0 Å². The number of nitrogens with two attached hydrogens (primary N) is 1. The second-order valence-corrected chi connectivity index (χ2v) is 7.19. The average Bonchev–Trinajstić information content (AvgIpc) is 2.56. The summed E-state index contributed by atoms with van der Waals surface area (Å²) in [5, 5.41) is 3.32. The number of nitrogens with zero attached hydrogens (tertiary/aromatic N) is 2. The van der Waals surface area contributed by atoms with Crippen LogP contribution in [0.25, 0.3) is 0 Å². The van der Waals surface area contributed by atoms with E-state index >= 15 is 0 Å². The first-order valence-electron chi connectivity index (χ1n) is 6.84. The van der Waals surface area contributed by atoms with Gasteiger partial charge in [0.05, 0.1) is 6.04 Å². The van der Waals surface area contributed by atoms with Crippen molar-refractivity contribution in [1.29, 1.82) is 0 Å². The third-order valence-electron chi connectivity index (χ3n) is 3.68. The fourth-order valence-electron chi connectivity index (χ4n) is 2.77. The molecule has 1 aliphatic heterocycles. The first-order chi connectivity index (χ1) is 8.39. The molecule has 0 spiro atoms. The molecule has 0 amide bonds.